The number of carbonyl (C=O) groups excluding carboxylic acids is 1. The predicted molar refractivity (Wildman–Crippen MR) is 69.7 cm³/mol. The van der Waals surface area contributed by atoms with E-state index in [-0.39, 0.29) is 11.7 Å². The Kier molecular flexibility index (Phi) is 5.85. The van der Waals surface area contributed by atoms with E-state index in [1.165, 1.54) is 0 Å². The van der Waals surface area contributed by atoms with Crippen molar-refractivity contribution in [2.75, 3.05) is 12.5 Å². The van der Waals surface area contributed by atoms with Crippen LogP contribution in [0.3, 0.4) is 0 Å². The number of hydrogen-bond donors (Lipinski definition) is 0. The number of benzene rings is 1. The highest BCUT2D eigenvalue weighted by atomic mass is 79.9. The Hall–Kier alpha value is -0.540. The van der Waals surface area contributed by atoms with E-state index in [9.17, 15) is 4.79 Å². The van der Waals surface area contributed by atoms with Crippen LogP contribution in [0.15, 0.2) is 18.2 Å². The summed E-state index contributed by atoms with van der Waals surface area (Å²) in [6, 6.07) is 5.81. The van der Waals surface area contributed by atoms with Crippen molar-refractivity contribution in [3.8, 4) is 5.75 Å². The van der Waals surface area contributed by atoms with Gasteiger partial charge in [-0.05, 0) is 6.92 Å². The molecule has 16 heavy (non-hydrogen) atoms. The third-order valence-electron chi connectivity index (χ3n) is 2.15. The molecule has 0 atom stereocenters. The summed E-state index contributed by atoms with van der Waals surface area (Å²) in [5.41, 5.74) is 1.96. The predicted octanol–water partition coefficient (Wildman–Crippen LogP) is 3.33. The van der Waals surface area contributed by atoms with E-state index in [1.54, 1.807) is 0 Å². The first-order chi connectivity index (χ1) is 7.72. The fraction of sp³-hybridized carbons (Fsp3) is 0.417. The number of Topliss-reactive ketones (excluding diaryl/α,β-unsaturated/α-hetero) is 1. The largest absolute Gasteiger partial charge is 0.493 e. The molecule has 2 nitrogen and oxygen atoms in total. The van der Waals surface area contributed by atoms with Crippen molar-refractivity contribution in [3.63, 3.8) is 0 Å². The number of ether oxygens (including phenoxy) is 1. The van der Waals surface area contributed by atoms with Gasteiger partial charge in [0, 0.05) is 22.9 Å². The molecule has 1 aromatic rings. The van der Waals surface area contributed by atoms with Crippen LogP contribution in [0.25, 0.3) is 0 Å². The van der Waals surface area contributed by atoms with Gasteiger partial charge in [0.2, 0.25) is 0 Å². The van der Waals surface area contributed by atoms with Crippen molar-refractivity contribution in [1.29, 1.82) is 0 Å². The molecule has 0 aliphatic heterocycles. The van der Waals surface area contributed by atoms with Gasteiger partial charge in [0.1, 0.15) is 5.75 Å². The maximum absolute atomic E-state index is 11.3. The number of rotatable bonds is 6. The van der Waals surface area contributed by atoms with Gasteiger partial charge in [-0.2, -0.15) is 0 Å². The van der Waals surface area contributed by atoms with Gasteiger partial charge in [0.15, 0.2) is 5.78 Å². The van der Waals surface area contributed by atoms with Crippen LogP contribution in [-0.4, -0.2) is 18.3 Å². The molecule has 0 heterocycles. The van der Waals surface area contributed by atoms with E-state index in [0.29, 0.717) is 18.4 Å². The van der Waals surface area contributed by atoms with Crippen LogP contribution < -0.4 is 4.74 Å². The van der Waals surface area contributed by atoms with Crippen molar-refractivity contribution in [2.24, 2.45) is 0 Å². The molecule has 4 heteroatoms. The molecule has 0 saturated carbocycles. The smallest absolute Gasteiger partial charge is 0.152 e. The zero-order valence-corrected chi connectivity index (χ0v) is 11.5. The molecule has 0 aromatic heterocycles. The molecule has 0 aliphatic rings. The Morgan fingerprint density at radius 3 is 2.69 bits per heavy atom. The number of hydrogen-bond acceptors (Lipinski definition) is 2. The summed E-state index contributed by atoms with van der Waals surface area (Å²) < 4.78 is 5.58. The van der Waals surface area contributed by atoms with E-state index >= 15 is 0 Å². The van der Waals surface area contributed by atoms with Crippen LogP contribution in [0, 0.1) is 0 Å². The summed E-state index contributed by atoms with van der Waals surface area (Å²) in [5, 5.41) is 0.714. The van der Waals surface area contributed by atoms with E-state index < -0.39 is 0 Å². The number of carbonyl (C=O) groups is 1. The van der Waals surface area contributed by atoms with Crippen molar-refractivity contribution in [2.45, 2.75) is 18.7 Å². The first kappa shape index (κ1) is 13.5. The minimum atomic E-state index is 0.00865. The molecule has 0 aliphatic carbocycles. The molecule has 1 aromatic carbocycles. The Bertz CT molecular complexity index is 366. The third kappa shape index (κ3) is 3.49. The summed E-state index contributed by atoms with van der Waals surface area (Å²) in [6.07, 6.45) is 0.333. The zero-order chi connectivity index (χ0) is 12.0. The summed E-state index contributed by atoms with van der Waals surface area (Å²) in [7, 11) is 0. The molecular weight excluding hydrogens is 291 g/mol. The third-order valence-corrected chi connectivity index (χ3v) is 3.05. The summed E-state index contributed by atoms with van der Waals surface area (Å²) in [6.45, 7) is 2.52. The van der Waals surface area contributed by atoms with Crippen LogP contribution in [0.5, 0.6) is 5.75 Å². The quantitative estimate of drug-likeness (QED) is 0.754. The van der Waals surface area contributed by atoms with Gasteiger partial charge in [0.05, 0.1) is 12.5 Å². The van der Waals surface area contributed by atoms with Gasteiger partial charge in [-0.1, -0.05) is 34.1 Å². The standard InChI is InChI=1S/C12H14BrClO2/c1-2-16-12-9(6-11(15)8-14)4-3-5-10(12)7-13/h3-5H,2,6-8H2,1H3. The molecule has 0 bridgehead atoms. The molecule has 0 spiro atoms. The molecule has 88 valence electrons. The lowest BCUT2D eigenvalue weighted by Crippen LogP contribution is -2.07. The minimum Gasteiger partial charge on any atom is -0.493 e. The minimum absolute atomic E-state index is 0.00865. The van der Waals surface area contributed by atoms with Gasteiger partial charge in [-0.25, -0.2) is 0 Å². The average Bonchev–Trinajstić information content (AvgIpc) is 2.31. The van der Waals surface area contributed by atoms with Gasteiger partial charge in [-0.15, -0.1) is 11.6 Å². The van der Waals surface area contributed by atoms with E-state index in [0.717, 1.165) is 16.9 Å². The van der Waals surface area contributed by atoms with Gasteiger partial charge in [0.25, 0.3) is 0 Å². The SMILES string of the molecule is CCOc1c(CBr)cccc1CC(=O)CCl. The molecule has 1 rings (SSSR count). The summed E-state index contributed by atoms with van der Waals surface area (Å²) in [5.74, 6) is 0.860. The van der Waals surface area contributed by atoms with Crippen LogP contribution >= 0.6 is 27.5 Å². The van der Waals surface area contributed by atoms with E-state index in [2.05, 4.69) is 15.9 Å². The Morgan fingerprint density at radius 1 is 1.44 bits per heavy atom. The normalized spacial score (nSPS) is 10.2. The summed E-state index contributed by atoms with van der Waals surface area (Å²) >= 11 is 8.91. The lowest BCUT2D eigenvalue weighted by atomic mass is 10.1. The van der Waals surface area contributed by atoms with Crippen LogP contribution in [-0.2, 0) is 16.5 Å². The Labute approximate surface area is 109 Å². The highest BCUT2D eigenvalue weighted by Crippen LogP contribution is 2.26. The molecule has 0 amide bonds. The lowest BCUT2D eigenvalue weighted by molar-refractivity contribution is -0.116. The second kappa shape index (κ2) is 6.92. The van der Waals surface area contributed by atoms with Crippen molar-refractivity contribution in [1.82, 2.24) is 0 Å². The lowest BCUT2D eigenvalue weighted by Gasteiger charge is -2.13. The van der Waals surface area contributed by atoms with Crippen molar-refractivity contribution >= 4 is 33.3 Å². The topological polar surface area (TPSA) is 26.3 Å². The van der Waals surface area contributed by atoms with Gasteiger partial charge in [-0.3, -0.25) is 4.79 Å². The second-order valence-electron chi connectivity index (χ2n) is 3.32. The Morgan fingerprint density at radius 2 is 2.12 bits per heavy atom. The maximum atomic E-state index is 11.3. The van der Waals surface area contributed by atoms with Crippen molar-refractivity contribution in [3.05, 3.63) is 29.3 Å². The number of para-hydroxylation sites is 1. The molecule has 0 fully saturated rings. The average molecular weight is 306 g/mol. The highest BCUT2D eigenvalue weighted by Gasteiger charge is 2.11. The Balaban J connectivity index is 3.01. The van der Waals surface area contributed by atoms with Gasteiger partial charge >= 0.3 is 0 Å². The van der Waals surface area contributed by atoms with Crippen LogP contribution in [0.2, 0.25) is 0 Å². The fourth-order valence-corrected chi connectivity index (χ4v) is 2.01. The second-order valence-corrected chi connectivity index (χ2v) is 4.15. The fourth-order valence-electron chi connectivity index (χ4n) is 1.47. The molecular formula is C12H14BrClO2. The maximum Gasteiger partial charge on any atom is 0.152 e. The number of halogens is 2. The number of alkyl halides is 2. The van der Waals surface area contributed by atoms with Crippen LogP contribution in [0.1, 0.15) is 18.1 Å². The summed E-state index contributed by atoms with van der Waals surface area (Å²) in [4.78, 5) is 11.3. The molecule has 0 radical (unpaired) electrons. The van der Waals surface area contributed by atoms with Crippen LogP contribution in [0.4, 0.5) is 0 Å². The molecule has 0 unspecified atom stereocenters. The first-order valence-corrected chi connectivity index (χ1v) is 6.75. The monoisotopic (exact) mass is 304 g/mol. The molecule has 0 N–H and O–H groups in total. The zero-order valence-electron chi connectivity index (χ0n) is 9.13. The molecule has 0 saturated heterocycles. The number of ketones is 1. The van der Waals surface area contributed by atoms with E-state index in [4.69, 9.17) is 16.3 Å². The van der Waals surface area contributed by atoms with Crippen molar-refractivity contribution < 1.29 is 9.53 Å². The van der Waals surface area contributed by atoms with E-state index in [1.807, 2.05) is 25.1 Å². The van der Waals surface area contributed by atoms with Gasteiger partial charge < -0.3 is 4.74 Å². The first-order valence-electron chi connectivity index (χ1n) is 5.10. The highest BCUT2D eigenvalue weighted by molar-refractivity contribution is 9.08.